The van der Waals surface area contributed by atoms with Gasteiger partial charge in [0.15, 0.2) is 11.5 Å². The maximum atomic E-state index is 12.7. The third-order valence-corrected chi connectivity index (χ3v) is 6.99. The van der Waals surface area contributed by atoms with Crippen molar-refractivity contribution in [2.45, 2.75) is 56.7 Å². The summed E-state index contributed by atoms with van der Waals surface area (Å²) < 4.78 is 28.5. The number of nitrogens with one attached hydrogen (secondary N) is 1. The topological polar surface area (TPSA) is 98.7 Å². The second-order valence-corrected chi connectivity index (χ2v) is 9.54. The molecule has 3 heterocycles. The molecule has 2 N–H and O–H groups in total. The Bertz CT molecular complexity index is 1050. The monoisotopic (exact) mass is 498 g/mol. The van der Waals surface area contributed by atoms with Gasteiger partial charge in [0.1, 0.15) is 5.75 Å². The highest BCUT2D eigenvalue weighted by Gasteiger charge is 2.38. The van der Waals surface area contributed by atoms with Crippen molar-refractivity contribution in [1.82, 2.24) is 10.2 Å². The fourth-order valence-electron chi connectivity index (χ4n) is 5.22. The van der Waals surface area contributed by atoms with E-state index in [0.717, 1.165) is 41.2 Å². The number of rotatable bonds is 7. The van der Waals surface area contributed by atoms with E-state index in [-0.39, 0.29) is 37.6 Å². The number of hydrogen-bond acceptors (Lipinski definition) is 8. The van der Waals surface area contributed by atoms with Gasteiger partial charge >= 0.3 is 0 Å². The molecule has 0 radical (unpaired) electrons. The fourth-order valence-corrected chi connectivity index (χ4v) is 5.22. The van der Waals surface area contributed by atoms with Crippen LogP contribution in [-0.4, -0.2) is 73.9 Å². The lowest BCUT2D eigenvalue weighted by molar-refractivity contribution is -0.158. The molecule has 2 fully saturated rings. The number of amides is 1. The van der Waals surface area contributed by atoms with Crippen molar-refractivity contribution in [2.75, 3.05) is 33.7 Å². The molecule has 194 valence electrons. The number of methoxy groups -OCH3 is 1. The maximum Gasteiger partial charge on any atom is 0.231 e. The van der Waals surface area contributed by atoms with E-state index in [2.05, 4.69) is 10.2 Å². The Morgan fingerprint density at radius 1 is 1.14 bits per heavy atom. The Morgan fingerprint density at radius 3 is 2.89 bits per heavy atom. The summed E-state index contributed by atoms with van der Waals surface area (Å²) in [6, 6.07) is 13.7. The molecule has 3 aliphatic heterocycles. The SMILES string of the molecule is COc1ccccc1CNC(=O)C[C@H]1CC[C@H]2[C@@H](COC[C@@H](O)CN2Cc2ccc3c(c2)OCO3)O1. The summed E-state index contributed by atoms with van der Waals surface area (Å²) in [7, 11) is 1.62. The van der Waals surface area contributed by atoms with Crippen molar-refractivity contribution in [1.29, 1.82) is 0 Å². The van der Waals surface area contributed by atoms with Gasteiger partial charge in [-0.15, -0.1) is 0 Å². The van der Waals surface area contributed by atoms with Crippen molar-refractivity contribution in [2.24, 2.45) is 0 Å². The van der Waals surface area contributed by atoms with Gasteiger partial charge < -0.3 is 34.1 Å². The van der Waals surface area contributed by atoms with Crippen LogP contribution in [-0.2, 0) is 27.4 Å². The van der Waals surface area contributed by atoms with Crippen LogP contribution in [0.1, 0.15) is 30.4 Å². The van der Waals surface area contributed by atoms with E-state index >= 15 is 0 Å². The third-order valence-electron chi connectivity index (χ3n) is 6.99. The normalized spacial score (nSPS) is 25.9. The van der Waals surface area contributed by atoms with Crippen LogP contribution in [0.4, 0.5) is 0 Å². The zero-order valence-corrected chi connectivity index (χ0v) is 20.6. The van der Waals surface area contributed by atoms with Crippen molar-refractivity contribution in [3.63, 3.8) is 0 Å². The van der Waals surface area contributed by atoms with E-state index < -0.39 is 6.10 Å². The number of fused-ring (bicyclic) bond motifs is 2. The maximum absolute atomic E-state index is 12.7. The standard InChI is InChI=1S/C27H34N2O7/c1-32-23-5-3-2-4-19(23)12-28-27(31)11-21-7-8-22-26(36-21)16-33-15-20(30)14-29(22)13-18-6-9-24-25(10-18)35-17-34-24/h2-6,9-10,20-22,26,30H,7-8,11-17H2,1H3,(H,28,31)/t20-,21+,22-,26+/m0/s1. The highest BCUT2D eigenvalue weighted by Crippen LogP contribution is 2.34. The molecule has 0 saturated carbocycles. The molecular formula is C27H34N2O7. The smallest absolute Gasteiger partial charge is 0.231 e. The van der Waals surface area contributed by atoms with Gasteiger partial charge in [0.05, 0.1) is 45.1 Å². The molecule has 0 aliphatic carbocycles. The molecule has 4 atom stereocenters. The number of benzene rings is 2. The Labute approximate surface area is 211 Å². The first-order valence-electron chi connectivity index (χ1n) is 12.5. The second kappa shape index (κ2) is 11.5. The molecule has 3 aliphatic rings. The molecule has 0 unspecified atom stereocenters. The summed E-state index contributed by atoms with van der Waals surface area (Å²) in [5.41, 5.74) is 2.02. The first-order valence-corrected chi connectivity index (χ1v) is 12.5. The lowest BCUT2D eigenvalue weighted by Gasteiger charge is -2.44. The average molecular weight is 499 g/mol. The van der Waals surface area contributed by atoms with E-state index in [1.54, 1.807) is 7.11 Å². The van der Waals surface area contributed by atoms with Gasteiger partial charge in [-0.2, -0.15) is 0 Å². The molecule has 36 heavy (non-hydrogen) atoms. The Morgan fingerprint density at radius 2 is 2.00 bits per heavy atom. The van der Waals surface area contributed by atoms with Crippen molar-refractivity contribution >= 4 is 5.91 Å². The lowest BCUT2D eigenvalue weighted by atomic mass is 9.94. The van der Waals surface area contributed by atoms with Crippen LogP contribution in [0.25, 0.3) is 0 Å². The van der Waals surface area contributed by atoms with Crippen LogP contribution in [0.15, 0.2) is 42.5 Å². The number of ether oxygens (including phenoxy) is 5. The van der Waals surface area contributed by atoms with E-state index in [0.29, 0.717) is 32.7 Å². The fraction of sp³-hybridized carbons (Fsp3) is 0.519. The first-order chi connectivity index (χ1) is 17.6. The van der Waals surface area contributed by atoms with Gasteiger partial charge in [-0.3, -0.25) is 9.69 Å². The molecule has 9 nitrogen and oxygen atoms in total. The average Bonchev–Trinajstić information content (AvgIpc) is 3.34. The summed E-state index contributed by atoms with van der Waals surface area (Å²) in [5, 5.41) is 13.4. The molecule has 0 spiro atoms. The molecule has 0 bridgehead atoms. The second-order valence-electron chi connectivity index (χ2n) is 9.54. The number of β-amino-alcohol motifs (C(OH)–C–C–N with tert-alkyl or cyclic N) is 1. The van der Waals surface area contributed by atoms with Crippen LogP contribution >= 0.6 is 0 Å². The van der Waals surface area contributed by atoms with Gasteiger partial charge in [0, 0.05) is 31.2 Å². The highest BCUT2D eigenvalue weighted by molar-refractivity contribution is 5.76. The number of para-hydroxylation sites is 1. The Hall–Kier alpha value is -2.85. The zero-order chi connectivity index (χ0) is 24.9. The molecule has 0 aromatic heterocycles. The summed E-state index contributed by atoms with van der Waals surface area (Å²) in [4.78, 5) is 15.0. The minimum atomic E-state index is -0.571. The van der Waals surface area contributed by atoms with Gasteiger partial charge in [0.2, 0.25) is 12.7 Å². The Kier molecular flexibility index (Phi) is 7.91. The highest BCUT2D eigenvalue weighted by atomic mass is 16.7. The van der Waals surface area contributed by atoms with Crippen LogP contribution in [0.5, 0.6) is 17.2 Å². The number of aliphatic hydroxyl groups is 1. The summed E-state index contributed by atoms with van der Waals surface area (Å²) >= 11 is 0. The number of hydrogen-bond donors (Lipinski definition) is 2. The van der Waals surface area contributed by atoms with Gasteiger partial charge in [-0.05, 0) is 36.6 Å². The summed E-state index contributed by atoms with van der Waals surface area (Å²) in [5.74, 6) is 2.21. The molecule has 2 aromatic rings. The minimum absolute atomic E-state index is 0.0521. The lowest BCUT2D eigenvalue weighted by Crippen LogP contribution is -2.55. The molecule has 2 saturated heterocycles. The summed E-state index contributed by atoms with van der Waals surface area (Å²) in [6.45, 7) is 2.44. The number of nitrogens with zero attached hydrogens (tertiary/aromatic N) is 1. The quantitative estimate of drug-likeness (QED) is 0.600. The number of carbonyl (C=O) groups excluding carboxylic acids is 1. The number of aliphatic hydroxyl groups excluding tert-OH is 1. The third kappa shape index (κ3) is 5.92. The van der Waals surface area contributed by atoms with Crippen LogP contribution < -0.4 is 19.5 Å². The van der Waals surface area contributed by atoms with E-state index in [1.807, 2.05) is 42.5 Å². The van der Waals surface area contributed by atoms with Crippen molar-refractivity contribution < 1.29 is 33.6 Å². The molecule has 1 amide bonds. The van der Waals surface area contributed by atoms with Crippen molar-refractivity contribution in [3.05, 3.63) is 53.6 Å². The van der Waals surface area contributed by atoms with E-state index in [9.17, 15) is 9.90 Å². The zero-order valence-electron chi connectivity index (χ0n) is 20.6. The molecule has 5 rings (SSSR count). The van der Waals surface area contributed by atoms with Gasteiger partial charge in [0.25, 0.3) is 0 Å². The van der Waals surface area contributed by atoms with Crippen LogP contribution in [0, 0.1) is 0 Å². The van der Waals surface area contributed by atoms with Crippen LogP contribution in [0.3, 0.4) is 0 Å². The molecule has 2 aromatic carbocycles. The van der Waals surface area contributed by atoms with Crippen molar-refractivity contribution in [3.8, 4) is 17.2 Å². The van der Waals surface area contributed by atoms with E-state index in [4.69, 9.17) is 23.7 Å². The summed E-state index contributed by atoms with van der Waals surface area (Å²) in [6.07, 6.45) is 0.991. The van der Waals surface area contributed by atoms with Crippen LogP contribution in [0.2, 0.25) is 0 Å². The first kappa shape index (κ1) is 24.8. The predicted octanol–water partition coefficient (Wildman–Crippen LogP) is 2.24. The number of carbonyl (C=O) groups is 1. The minimum Gasteiger partial charge on any atom is -0.496 e. The molecular weight excluding hydrogens is 464 g/mol. The van der Waals surface area contributed by atoms with Gasteiger partial charge in [-0.1, -0.05) is 24.3 Å². The largest absolute Gasteiger partial charge is 0.496 e. The van der Waals surface area contributed by atoms with E-state index in [1.165, 1.54) is 0 Å². The Balaban J connectivity index is 1.19. The molecule has 9 heteroatoms. The predicted molar refractivity (Wildman–Crippen MR) is 131 cm³/mol. The van der Waals surface area contributed by atoms with Gasteiger partial charge in [-0.25, -0.2) is 0 Å².